The highest BCUT2D eigenvalue weighted by atomic mass is 15.0. The number of hydrogen-bond acceptors (Lipinski definition) is 2. The molecule has 0 bridgehead atoms. The lowest BCUT2D eigenvalue weighted by atomic mass is 9.96. The van der Waals surface area contributed by atoms with E-state index in [1.165, 1.54) is 21.8 Å². The van der Waals surface area contributed by atoms with Crippen molar-refractivity contribution in [3.8, 4) is 45.8 Å². The maximum absolute atomic E-state index is 10.3. The normalized spacial score (nSPS) is 11.3. The fraction of sp³-hybridized carbons (Fsp3) is 0. The molecule has 7 aromatic carbocycles. The lowest BCUT2D eigenvalue weighted by Crippen LogP contribution is -1.97. The van der Waals surface area contributed by atoms with Gasteiger partial charge in [-0.2, -0.15) is 10.5 Å². The van der Waals surface area contributed by atoms with E-state index < -0.39 is 0 Å². The van der Waals surface area contributed by atoms with Crippen LogP contribution >= 0.6 is 0 Å². The maximum Gasteiger partial charge on any atom is 0.0998 e. The Hall–Kier alpha value is -6.88. The third-order valence-electron chi connectivity index (χ3n) is 9.42. The van der Waals surface area contributed by atoms with Gasteiger partial charge in [0.05, 0.1) is 51.0 Å². The molecule has 0 unspecified atom stereocenters. The largest absolute Gasteiger partial charge is 0.309 e. The van der Waals surface area contributed by atoms with Crippen LogP contribution < -0.4 is 0 Å². The molecular weight excluding hydrogens is 585 g/mol. The van der Waals surface area contributed by atoms with Gasteiger partial charge < -0.3 is 9.13 Å². The maximum atomic E-state index is 10.3. The Kier molecular flexibility index (Phi) is 6.22. The first kappa shape index (κ1) is 27.4. The number of rotatable bonds is 4. The highest BCUT2D eigenvalue weighted by Gasteiger charge is 2.17. The van der Waals surface area contributed by atoms with E-state index in [0.717, 1.165) is 55.4 Å². The second kappa shape index (κ2) is 10.9. The first-order chi connectivity index (χ1) is 23.7. The number of fused-ring (bicyclic) bond motifs is 6. The van der Waals surface area contributed by atoms with Gasteiger partial charge in [-0.3, -0.25) is 0 Å². The highest BCUT2D eigenvalue weighted by molar-refractivity contribution is 6.10. The summed E-state index contributed by atoms with van der Waals surface area (Å²) < 4.78 is 4.53. The topological polar surface area (TPSA) is 57.4 Å². The van der Waals surface area contributed by atoms with Crippen molar-refractivity contribution in [2.24, 2.45) is 0 Å². The van der Waals surface area contributed by atoms with Crippen LogP contribution in [0.1, 0.15) is 11.1 Å². The van der Waals surface area contributed by atoms with Crippen molar-refractivity contribution in [2.75, 3.05) is 0 Å². The first-order valence-corrected chi connectivity index (χ1v) is 15.9. The van der Waals surface area contributed by atoms with Gasteiger partial charge in [-0.25, -0.2) is 0 Å². The van der Waals surface area contributed by atoms with Gasteiger partial charge in [0.25, 0.3) is 0 Å². The SMILES string of the molecule is N#Cc1ccc2c(c1)c1ccccc1n2-c1ccc(-c2ccc(-c3ccccc3-n3c4ccccc4c4ccccc43)cc2)c(C#N)c1. The van der Waals surface area contributed by atoms with Crippen molar-refractivity contribution >= 4 is 43.6 Å². The smallest absolute Gasteiger partial charge is 0.0998 e. The third-order valence-corrected chi connectivity index (χ3v) is 9.42. The van der Waals surface area contributed by atoms with Gasteiger partial charge in [-0.05, 0) is 71.3 Å². The summed E-state index contributed by atoms with van der Waals surface area (Å²) in [5.74, 6) is 0. The molecule has 0 aliphatic heterocycles. The van der Waals surface area contributed by atoms with Crippen LogP contribution in [-0.4, -0.2) is 9.13 Å². The Morgan fingerprint density at radius 1 is 0.396 bits per heavy atom. The van der Waals surface area contributed by atoms with Gasteiger partial charge >= 0.3 is 0 Å². The Morgan fingerprint density at radius 3 is 1.58 bits per heavy atom. The zero-order valence-electron chi connectivity index (χ0n) is 25.8. The molecule has 0 atom stereocenters. The van der Waals surface area contributed by atoms with Crippen molar-refractivity contribution in [3.05, 3.63) is 169 Å². The van der Waals surface area contributed by atoms with Crippen LogP contribution in [0, 0.1) is 22.7 Å². The number of hydrogen-bond donors (Lipinski definition) is 0. The van der Waals surface area contributed by atoms with E-state index in [9.17, 15) is 10.5 Å². The van der Waals surface area contributed by atoms with E-state index in [-0.39, 0.29) is 0 Å². The molecular formula is C44H26N4. The lowest BCUT2D eigenvalue weighted by molar-refractivity contribution is 1.18. The summed E-state index contributed by atoms with van der Waals surface area (Å²) in [5.41, 5.74) is 11.7. The quantitative estimate of drug-likeness (QED) is 0.199. The molecule has 222 valence electrons. The van der Waals surface area contributed by atoms with Gasteiger partial charge in [0.1, 0.15) is 0 Å². The number of nitriles is 2. The second-order valence-corrected chi connectivity index (χ2v) is 12.0. The molecule has 0 amide bonds. The van der Waals surface area contributed by atoms with Crippen LogP contribution in [0.15, 0.2) is 158 Å². The molecule has 9 aromatic rings. The minimum Gasteiger partial charge on any atom is -0.309 e. The van der Waals surface area contributed by atoms with Gasteiger partial charge in [-0.1, -0.05) is 103 Å². The number of benzene rings is 7. The van der Waals surface area contributed by atoms with E-state index in [4.69, 9.17) is 0 Å². The zero-order valence-corrected chi connectivity index (χ0v) is 25.8. The number of aromatic nitrogens is 2. The molecule has 0 aliphatic carbocycles. The van der Waals surface area contributed by atoms with E-state index in [1.807, 2.05) is 42.5 Å². The van der Waals surface area contributed by atoms with Crippen LogP contribution in [0.2, 0.25) is 0 Å². The highest BCUT2D eigenvalue weighted by Crippen LogP contribution is 2.38. The molecule has 0 aliphatic rings. The molecule has 0 N–H and O–H groups in total. The minimum atomic E-state index is 0.602. The molecule has 0 radical (unpaired) electrons. The third kappa shape index (κ3) is 4.14. The minimum absolute atomic E-state index is 0.602. The lowest BCUT2D eigenvalue weighted by Gasteiger charge is -2.15. The standard InChI is InChI=1S/C44H26N4/c45-27-29-17-24-44-39(25-29)38-12-4-6-14-41(38)47(44)33-22-23-34(32(26-33)28-46)30-18-20-31(21-19-30)35-9-1-5-13-40(35)48-42-15-7-2-10-36(42)37-11-3-8-16-43(37)48/h1-26H. The Labute approximate surface area is 277 Å². The average molecular weight is 611 g/mol. The molecule has 0 saturated carbocycles. The Morgan fingerprint density at radius 2 is 0.938 bits per heavy atom. The molecule has 9 rings (SSSR count). The van der Waals surface area contributed by atoms with Gasteiger partial charge in [0.15, 0.2) is 0 Å². The zero-order chi connectivity index (χ0) is 32.2. The monoisotopic (exact) mass is 610 g/mol. The van der Waals surface area contributed by atoms with Crippen molar-refractivity contribution in [1.29, 1.82) is 10.5 Å². The summed E-state index contributed by atoms with van der Waals surface area (Å²) in [6.45, 7) is 0. The summed E-state index contributed by atoms with van der Waals surface area (Å²) in [7, 11) is 0. The van der Waals surface area contributed by atoms with Gasteiger partial charge in [0.2, 0.25) is 0 Å². The second-order valence-electron chi connectivity index (χ2n) is 12.0. The predicted molar refractivity (Wildman–Crippen MR) is 195 cm³/mol. The van der Waals surface area contributed by atoms with Crippen LogP contribution in [-0.2, 0) is 0 Å². The fourth-order valence-electron chi connectivity index (χ4n) is 7.26. The Bertz CT molecular complexity index is 2750. The summed E-state index contributed by atoms with van der Waals surface area (Å²) in [4.78, 5) is 0. The van der Waals surface area contributed by atoms with Crippen molar-refractivity contribution in [2.45, 2.75) is 0 Å². The molecule has 2 heterocycles. The van der Waals surface area contributed by atoms with E-state index >= 15 is 0 Å². The summed E-state index contributed by atoms with van der Waals surface area (Å²) >= 11 is 0. The van der Waals surface area contributed by atoms with Gasteiger partial charge in [0, 0.05) is 32.8 Å². The molecule has 48 heavy (non-hydrogen) atoms. The van der Waals surface area contributed by atoms with Gasteiger partial charge in [-0.15, -0.1) is 0 Å². The molecule has 0 saturated heterocycles. The summed E-state index contributed by atoms with van der Waals surface area (Å²) in [5, 5.41) is 24.4. The summed E-state index contributed by atoms with van der Waals surface area (Å²) in [6.07, 6.45) is 0. The predicted octanol–water partition coefficient (Wildman–Crippen LogP) is 11.0. The number of para-hydroxylation sites is 4. The molecule has 4 nitrogen and oxygen atoms in total. The van der Waals surface area contributed by atoms with E-state index in [0.29, 0.717) is 11.1 Å². The summed E-state index contributed by atoms with van der Waals surface area (Å²) in [6, 6.07) is 59.0. The average Bonchev–Trinajstić information content (AvgIpc) is 3.67. The van der Waals surface area contributed by atoms with Crippen LogP contribution in [0.3, 0.4) is 0 Å². The fourth-order valence-corrected chi connectivity index (χ4v) is 7.26. The molecule has 0 spiro atoms. The molecule has 4 heteroatoms. The van der Waals surface area contributed by atoms with Crippen LogP contribution in [0.5, 0.6) is 0 Å². The number of nitrogens with zero attached hydrogens (tertiary/aromatic N) is 4. The van der Waals surface area contributed by atoms with Crippen molar-refractivity contribution < 1.29 is 0 Å². The molecule has 0 fully saturated rings. The van der Waals surface area contributed by atoms with Crippen LogP contribution in [0.4, 0.5) is 0 Å². The van der Waals surface area contributed by atoms with Crippen molar-refractivity contribution in [1.82, 2.24) is 9.13 Å². The molecule has 2 aromatic heterocycles. The Balaban J connectivity index is 1.13. The van der Waals surface area contributed by atoms with Crippen LogP contribution in [0.25, 0.3) is 77.2 Å². The van der Waals surface area contributed by atoms with Crippen molar-refractivity contribution in [3.63, 3.8) is 0 Å². The van der Waals surface area contributed by atoms with E-state index in [2.05, 4.69) is 137 Å². The first-order valence-electron chi connectivity index (χ1n) is 15.9. The van der Waals surface area contributed by atoms with E-state index in [1.54, 1.807) is 0 Å².